The Morgan fingerprint density at radius 1 is 1.19 bits per heavy atom. The summed E-state index contributed by atoms with van der Waals surface area (Å²) in [5.41, 5.74) is 0.837. The van der Waals surface area contributed by atoms with Gasteiger partial charge in [0.25, 0.3) is 0 Å². The molecule has 0 fully saturated rings. The number of sulfone groups is 1. The Bertz CT molecular complexity index is 543. The van der Waals surface area contributed by atoms with Gasteiger partial charge in [0.15, 0.2) is 9.84 Å². The minimum atomic E-state index is -3.09. The fourth-order valence-electron chi connectivity index (χ4n) is 2.06. The van der Waals surface area contributed by atoms with E-state index in [1.165, 1.54) is 0 Å². The van der Waals surface area contributed by atoms with E-state index in [0.29, 0.717) is 11.5 Å². The largest absolute Gasteiger partial charge is 0.497 e. The summed E-state index contributed by atoms with van der Waals surface area (Å²) >= 11 is 0. The predicted octanol–water partition coefficient (Wildman–Crippen LogP) is 2.18. The standard InChI is InChI=1S/C15H25NO4S/c1-5-9-16-14(11-21(17,18)6-2)13-8-7-12(19-3)10-15(13)20-4/h7-8,10,14,16H,5-6,9,11H2,1-4H3. The van der Waals surface area contributed by atoms with Crippen molar-refractivity contribution in [3.05, 3.63) is 23.8 Å². The molecule has 1 rings (SSSR count). The molecule has 0 aliphatic rings. The zero-order valence-corrected chi connectivity index (χ0v) is 14.0. The van der Waals surface area contributed by atoms with Crippen LogP contribution < -0.4 is 14.8 Å². The minimum absolute atomic E-state index is 0.0617. The van der Waals surface area contributed by atoms with Gasteiger partial charge in [0, 0.05) is 23.4 Å². The monoisotopic (exact) mass is 315 g/mol. The number of rotatable bonds is 9. The van der Waals surface area contributed by atoms with Crippen LogP contribution in [0.2, 0.25) is 0 Å². The first-order valence-corrected chi connectivity index (χ1v) is 8.95. The molecule has 0 radical (unpaired) electrons. The van der Waals surface area contributed by atoms with Gasteiger partial charge in [-0.25, -0.2) is 8.42 Å². The van der Waals surface area contributed by atoms with Gasteiger partial charge in [0.1, 0.15) is 11.5 Å². The van der Waals surface area contributed by atoms with Crippen LogP contribution in [0.15, 0.2) is 18.2 Å². The maximum absolute atomic E-state index is 12.0. The van der Waals surface area contributed by atoms with Crippen LogP contribution in [-0.4, -0.2) is 40.7 Å². The third-order valence-corrected chi connectivity index (χ3v) is 5.04. The van der Waals surface area contributed by atoms with Crippen molar-refractivity contribution in [3.63, 3.8) is 0 Å². The molecule has 1 atom stereocenters. The summed E-state index contributed by atoms with van der Waals surface area (Å²) in [5, 5.41) is 3.29. The molecule has 21 heavy (non-hydrogen) atoms. The molecule has 0 saturated heterocycles. The molecule has 0 amide bonds. The molecule has 120 valence electrons. The van der Waals surface area contributed by atoms with Crippen LogP contribution in [0.3, 0.4) is 0 Å². The average Bonchev–Trinajstić information content (AvgIpc) is 2.50. The summed E-state index contributed by atoms with van der Waals surface area (Å²) in [5.74, 6) is 1.51. The average molecular weight is 315 g/mol. The van der Waals surface area contributed by atoms with Crippen molar-refractivity contribution < 1.29 is 17.9 Å². The first kappa shape index (κ1) is 17.8. The zero-order valence-electron chi connectivity index (χ0n) is 13.2. The van der Waals surface area contributed by atoms with Crippen molar-refractivity contribution in [2.24, 2.45) is 0 Å². The van der Waals surface area contributed by atoms with E-state index in [1.54, 1.807) is 27.2 Å². The van der Waals surface area contributed by atoms with Gasteiger partial charge in [-0.3, -0.25) is 0 Å². The Kier molecular flexibility index (Phi) is 6.98. The third-order valence-electron chi connectivity index (χ3n) is 3.32. The molecule has 5 nitrogen and oxygen atoms in total. The minimum Gasteiger partial charge on any atom is -0.497 e. The molecule has 6 heteroatoms. The second-order valence-electron chi connectivity index (χ2n) is 4.81. The van der Waals surface area contributed by atoms with Crippen LogP contribution in [0.5, 0.6) is 11.5 Å². The third kappa shape index (κ3) is 5.21. The summed E-state index contributed by atoms with van der Waals surface area (Å²) in [7, 11) is 0.0718. The fraction of sp³-hybridized carbons (Fsp3) is 0.600. The van der Waals surface area contributed by atoms with E-state index in [-0.39, 0.29) is 17.5 Å². The van der Waals surface area contributed by atoms with Crippen LogP contribution in [0, 0.1) is 0 Å². The van der Waals surface area contributed by atoms with Crippen molar-refractivity contribution in [1.82, 2.24) is 5.32 Å². The SMILES string of the molecule is CCCNC(CS(=O)(=O)CC)c1ccc(OC)cc1OC. The lowest BCUT2D eigenvalue weighted by molar-refractivity contribution is 0.386. The van der Waals surface area contributed by atoms with Gasteiger partial charge < -0.3 is 14.8 Å². The second-order valence-corrected chi connectivity index (χ2v) is 7.21. The van der Waals surface area contributed by atoms with E-state index < -0.39 is 9.84 Å². The highest BCUT2D eigenvalue weighted by Gasteiger charge is 2.22. The van der Waals surface area contributed by atoms with Crippen molar-refractivity contribution in [2.45, 2.75) is 26.3 Å². The van der Waals surface area contributed by atoms with E-state index >= 15 is 0 Å². The second kappa shape index (κ2) is 8.24. The molecular formula is C15H25NO4S. The van der Waals surface area contributed by atoms with E-state index in [4.69, 9.17) is 9.47 Å². The lowest BCUT2D eigenvalue weighted by Crippen LogP contribution is -2.29. The lowest BCUT2D eigenvalue weighted by atomic mass is 10.1. The Labute approximate surface area is 127 Å². The highest BCUT2D eigenvalue weighted by atomic mass is 32.2. The van der Waals surface area contributed by atoms with Gasteiger partial charge in [0.2, 0.25) is 0 Å². The summed E-state index contributed by atoms with van der Waals surface area (Å²) in [6.45, 7) is 4.46. The van der Waals surface area contributed by atoms with Crippen molar-refractivity contribution in [3.8, 4) is 11.5 Å². The predicted molar refractivity (Wildman–Crippen MR) is 84.9 cm³/mol. The van der Waals surface area contributed by atoms with Crippen LogP contribution in [-0.2, 0) is 9.84 Å². The molecule has 1 N–H and O–H groups in total. The molecule has 0 heterocycles. The number of nitrogens with one attached hydrogen (secondary N) is 1. The Morgan fingerprint density at radius 3 is 2.43 bits per heavy atom. The van der Waals surface area contributed by atoms with Gasteiger partial charge in [-0.1, -0.05) is 19.9 Å². The smallest absolute Gasteiger partial charge is 0.151 e. The number of ether oxygens (including phenoxy) is 2. The normalized spacial score (nSPS) is 13.0. The van der Waals surface area contributed by atoms with Crippen molar-refractivity contribution in [2.75, 3.05) is 32.3 Å². The molecule has 1 unspecified atom stereocenters. The lowest BCUT2D eigenvalue weighted by Gasteiger charge is -2.21. The van der Waals surface area contributed by atoms with Gasteiger partial charge in [-0.05, 0) is 19.0 Å². The zero-order chi connectivity index (χ0) is 15.9. The van der Waals surface area contributed by atoms with Crippen LogP contribution in [0.4, 0.5) is 0 Å². The summed E-state index contributed by atoms with van der Waals surface area (Å²) in [6.07, 6.45) is 0.932. The Balaban J connectivity index is 3.12. The number of hydrogen-bond acceptors (Lipinski definition) is 5. The molecular weight excluding hydrogens is 290 g/mol. The Hall–Kier alpha value is -1.27. The highest BCUT2D eigenvalue weighted by Crippen LogP contribution is 2.30. The molecule has 1 aromatic carbocycles. The highest BCUT2D eigenvalue weighted by molar-refractivity contribution is 7.91. The van der Waals surface area contributed by atoms with Crippen LogP contribution >= 0.6 is 0 Å². The molecule has 0 spiro atoms. The van der Waals surface area contributed by atoms with Gasteiger partial charge in [0.05, 0.1) is 20.0 Å². The molecule has 0 aliphatic heterocycles. The molecule has 0 bridgehead atoms. The number of hydrogen-bond donors (Lipinski definition) is 1. The quantitative estimate of drug-likeness (QED) is 0.756. The summed E-state index contributed by atoms with van der Waals surface area (Å²) in [6, 6.07) is 5.16. The van der Waals surface area contributed by atoms with Gasteiger partial charge >= 0.3 is 0 Å². The van der Waals surface area contributed by atoms with E-state index in [0.717, 1.165) is 18.5 Å². The number of benzene rings is 1. The maximum Gasteiger partial charge on any atom is 0.151 e. The van der Waals surface area contributed by atoms with Gasteiger partial charge in [-0.2, -0.15) is 0 Å². The molecule has 0 aliphatic carbocycles. The fourth-order valence-corrected chi connectivity index (χ4v) is 3.10. The van der Waals surface area contributed by atoms with Crippen LogP contribution in [0.1, 0.15) is 31.9 Å². The van der Waals surface area contributed by atoms with E-state index in [9.17, 15) is 8.42 Å². The topological polar surface area (TPSA) is 64.6 Å². The summed E-state index contributed by atoms with van der Waals surface area (Å²) in [4.78, 5) is 0. The molecule has 0 aromatic heterocycles. The Morgan fingerprint density at radius 2 is 1.90 bits per heavy atom. The summed E-state index contributed by atoms with van der Waals surface area (Å²) < 4.78 is 34.5. The first-order valence-electron chi connectivity index (χ1n) is 7.13. The maximum atomic E-state index is 12.0. The van der Waals surface area contributed by atoms with Crippen molar-refractivity contribution >= 4 is 9.84 Å². The molecule has 0 saturated carbocycles. The van der Waals surface area contributed by atoms with E-state index in [1.807, 2.05) is 19.1 Å². The van der Waals surface area contributed by atoms with Crippen molar-refractivity contribution in [1.29, 1.82) is 0 Å². The van der Waals surface area contributed by atoms with Crippen LogP contribution in [0.25, 0.3) is 0 Å². The van der Waals surface area contributed by atoms with Gasteiger partial charge in [-0.15, -0.1) is 0 Å². The molecule has 1 aromatic rings. The van der Waals surface area contributed by atoms with E-state index in [2.05, 4.69) is 5.32 Å². The first-order chi connectivity index (χ1) is 9.97. The number of methoxy groups -OCH3 is 2.